The molecule has 2 atom stereocenters. The lowest BCUT2D eigenvalue weighted by atomic mass is 9.82. The average molecular weight is 312 g/mol. The zero-order valence-corrected chi connectivity index (χ0v) is 13.3. The lowest BCUT2D eigenvalue weighted by Gasteiger charge is -2.29. The minimum Gasteiger partial charge on any atom is -0.396 e. The van der Waals surface area contributed by atoms with E-state index in [0.29, 0.717) is 30.4 Å². The maximum Gasteiger partial charge on any atom is 0.179 e. The van der Waals surface area contributed by atoms with Gasteiger partial charge >= 0.3 is 0 Å². The third-order valence-corrected chi connectivity index (χ3v) is 4.88. The molecule has 1 fully saturated rings. The van der Waals surface area contributed by atoms with Gasteiger partial charge < -0.3 is 15.4 Å². The number of hydrogen-bond acceptors (Lipinski definition) is 3. The summed E-state index contributed by atoms with van der Waals surface area (Å²) < 4.78 is 0. The van der Waals surface area contributed by atoms with E-state index >= 15 is 0 Å². The van der Waals surface area contributed by atoms with E-state index in [0.717, 1.165) is 36.0 Å². The van der Waals surface area contributed by atoms with Crippen molar-refractivity contribution in [1.29, 1.82) is 0 Å². The molecule has 1 aliphatic rings. The highest BCUT2D eigenvalue weighted by Gasteiger charge is 2.27. The Kier molecular flexibility index (Phi) is 4.94. The minimum absolute atomic E-state index is 0.0464. The van der Waals surface area contributed by atoms with Crippen molar-refractivity contribution < 1.29 is 9.90 Å². The van der Waals surface area contributed by atoms with Crippen molar-refractivity contribution in [3.63, 3.8) is 0 Å². The molecule has 122 valence electrons. The zero-order chi connectivity index (χ0) is 16.2. The van der Waals surface area contributed by atoms with E-state index in [4.69, 9.17) is 0 Å². The number of ketones is 1. The van der Waals surface area contributed by atoms with Crippen LogP contribution in [0.5, 0.6) is 0 Å². The SMILES string of the molecule is C=C[C@@H]1CNCC[C@@H]1CC(=O)c1[nH]c2ccccc2c1CCO. The maximum atomic E-state index is 12.9. The number of aliphatic hydroxyl groups excluding tert-OH is 1. The number of fused-ring (bicyclic) bond motifs is 1. The van der Waals surface area contributed by atoms with Gasteiger partial charge in [0.1, 0.15) is 0 Å². The van der Waals surface area contributed by atoms with Gasteiger partial charge in [-0.3, -0.25) is 4.79 Å². The monoisotopic (exact) mass is 312 g/mol. The molecule has 1 aromatic carbocycles. The van der Waals surface area contributed by atoms with Gasteiger partial charge in [0, 0.05) is 30.5 Å². The van der Waals surface area contributed by atoms with E-state index in [9.17, 15) is 9.90 Å². The lowest BCUT2D eigenvalue weighted by Crippen LogP contribution is -2.36. The smallest absolute Gasteiger partial charge is 0.179 e. The van der Waals surface area contributed by atoms with Crippen molar-refractivity contribution in [2.75, 3.05) is 19.7 Å². The standard InChI is InChI=1S/C19H24N2O2/c1-2-13-12-20-9-7-14(13)11-18(23)19-16(8-10-22)15-5-3-4-6-17(15)21-19/h2-6,13-14,20-22H,1,7-12H2/t13-,14-/m1/s1. The van der Waals surface area contributed by atoms with E-state index in [1.165, 1.54) is 0 Å². The Morgan fingerprint density at radius 3 is 3.00 bits per heavy atom. The zero-order valence-electron chi connectivity index (χ0n) is 13.3. The van der Waals surface area contributed by atoms with Gasteiger partial charge in [-0.2, -0.15) is 0 Å². The number of aromatic amines is 1. The van der Waals surface area contributed by atoms with Gasteiger partial charge in [0.2, 0.25) is 0 Å². The van der Waals surface area contributed by atoms with Crippen LogP contribution in [-0.2, 0) is 6.42 Å². The summed E-state index contributed by atoms with van der Waals surface area (Å²) in [5, 5.41) is 13.8. The second-order valence-corrected chi connectivity index (χ2v) is 6.28. The summed E-state index contributed by atoms with van der Waals surface area (Å²) in [5.74, 6) is 0.830. The summed E-state index contributed by atoms with van der Waals surface area (Å²) in [6, 6.07) is 7.90. The highest BCUT2D eigenvalue weighted by atomic mass is 16.3. The van der Waals surface area contributed by atoms with Crippen LogP contribution in [0.1, 0.15) is 28.9 Å². The predicted octanol–water partition coefficient (Wildman–Crippen LogP) is 2.69. The number of hydrogen-bond donors (Lipinski definition) is 3. The first-order chi connectivity index (χ1) is 11.2. The maximum absolute atomic E-state index is 12.9. The van der Waals surface area contributed by atoms with E-state index in [2.05, 4.69) is 16.9 Å². The first-order valence-corrected chi connectivity index (χ1v) is 8.31. The molecule has 0 spiro atoms. The highest BCUT2D eigenvalue weighted by Crippen LogP contribution is 2.28. The Labute approximate surface area is 136 Å². The van der Waals surface area contributed by atoms with Gasteiger partial charge in [-0.1, -0.05) is 24.3 Å². The number of carbonyl (C=O) groups is 1. The van der Waals surface area contributed by atoms with Crippen molar-refractivity contribution in [3.05, 3.63) is 48.2 Å². The van der Waals surface area contributed by atoms with Crippen LogP contribution in [-0.4, -0.2) is 35.6 Å². The topological polar surface area (TPSA) is 65.1 Å². The number of aliphatic hydroxyl groups is 1. The number of nitrogens with one attached hydrogen (secondary N) is 2. The first-order valence-electron chi connectivity index (χ1n) is 8.31. The minimum atomic E-state index is 0.0464. The molecule has 0 saturated carbocycles. The summed E-state index contributed by atoms with van der Waals surface area (Å²) in [4.78, 5) is 16.1. The lowest BCUT2D eigenvalue weighted by molar-refractivity contribution is 0.0934. The molecule has 0 amide bonds. The van der Waals surface area contributed by atoms with Gasteiger partial charge in [-0.15, -0.1) is 6.58 Å². The Bertz CT molecular complexity index is 704. The number of rotatable bonds is 6. The Morgan fingerprint density at radius 2 is 2.22 bits per heavy atom. The second-order valence-electron chi connectivity index (χ2n) is 6.28. The molecule has 1 saturated heterocycles. The van der Waals surface area contributed by atoms with Gasteiger partial charge in [-0.05, 0) is 42.9 Å². The summed E-state index contributed by atoms with van der Waals surface area (Å²) in [5.41, 5.74) is 2.57. The number of para-hydroxylation sites is 1. The van der Waals surface area contributed by atoms with Crippen molar-refractivity contribution in [2.24, 2.45) is 11.8 Å². The molecule has 4 nitrogen and oxygen atoms in total. The van der Waals surface area contributed by atoms with Gasteiger partial charge in [-0.25, -0.2) is 0 Å². The number of benzene rings is 1. The fourth-order valence-electron chi connectivity index (χ4n) is 3.62. The van der Waals surface area contributed by atoms with Gasteiger partial charge in [0.05, 0.1) is 5.69 Å². The van der Waals surface area contributed by atoms with Crippen LogP contribution in [0.3, 0.4) is 0 Å². The fourth-order valence-corrected chi connectivity index (χ4v) is 3.62. The third-order valence-electron chi connectivity index (χ3n) is 4.88. The summed E-state index contributed by atoms with van der Waals surface area (Å²) in [6.07, 6.45) is 3.99. The Morgan fingerprint density at radius 1 is 1.39 bits per heavy atom. The Hall–Kier alpha value is -1.91. The molecule has 23 heavy (non-hydrogen) atoms. The Balaban J connectivity index is 1.88. The molecule has 2 heterocycles. The molecule has 1 aromatic heterocycles. The van der Waals surface area contributed by atoms with Crippen LogP contribution in [0.4, 0.5) is 0 Å². The highest BCUT2D eigenvalue weighted by molar-refractivity contribution is 6.02. The molecule has 0 radical (unpaired) electrons. The predicted molar refractivity (Wildman–Crippen MR) is 92.7 cm³/mol. The molecule has 4 heteroatoms. The third kappa shape index (κ3) is 3.23. The molecule has 1 aliphatic heterocycles. The summed E-state index contributed by atoms with van der Waals surface area (Å²) in [6.45, 7) is 5.81. The molecule has 0 aliphatic carbocycles. The average Bonchev–Trinajstić information content (AvgIpc) is 2.95. The second kappa shape index (κ2) is 7.11. The van der Waals surface area contributed by atoms with Crippen LogP contribution in [0, 0.1) is 11.8 Å². The van der Waals surface area contributed by atoms with Crippen molar-refractivity contribution in [1.82, 2.24) is 10.3 Å². The van der Waals surface area contributed by atoms with Crippen LogP contribution in [0.25, 0.3) is 10.9 Å². The van der Waals surface area contributed by atoms with Crippen LogP contribution >= 0.6 is 0 Å². The largest absolute Gasteiger partial charge is 0.396 e. The van der Waals surface area contributed by atoms with Crippen LogP contribution in [0.2, 0.25) is 0 Å². The number of aromatic nitrogens is 1. The van der Waals surface area contributed by atoms with E-state index in [1.54, 1.807) is 0 Å². The molecule has 0 unspecified atom stereocenters. The number of Topliss-reactive ketones (excluding diaryl/α,β-unsaturated/α-hetero) is 1. The molecular weight excluding hydrogens is 288 g/mol. The number of carbonyl (C=O) groups excluding carboxylic acids is 1. The van der Waals surface area contributed by atoms with E-state index in [1.807, 2.05) is 30.3 Å². The molecule has 2 aromatic rings. The first kappa shape index (κ1) is 16.0. The number of piperidine rings is 1. The molecule has 0 bridgehead atoms. The van der Waals surface area contributed by atoms with Gasteiger partial charge in [0.15, 0.2) is 5.78 Å². The summed E-state index contributed by atoms with van der Waals surface area (Å²) in [7, 11) is 0. The van der Waals surface area contributed by atoms with Crippen LogP contribution in [0.15, 0.2) is 36.9 Å². The quantitative estimate of drug-likeness (QED) is 0.567. The van der Waals surface area contributed by atoms with Crippen molar-refractivity contribution in [3.8, 4) is 0 Å². The van der Waals surface area contributed by atoms with Gasteiger partial charge in [0.25, 0.3) is 0 Å². The number of H-pyrrole nitrogens is 1. The molecule has 3 rings (SSSR count). The van der Waals surface area contributed by atoms with E-state index < -0.39 is 0 Å². The molecular formula is C19H24N2O2. The van der Waals surface area contributed by atoms with Crippen LogP contribution < -0.4 is 5.32 Å². The summed E-state index contributed by atoms with van der Waals surface area (Å²) >= 11 is 0. The normalized spacial score (nSPS) is 21.4. The molecule has 3 N–H and O–H groups in total. The fraction of sp³-hybridized carbons (Fsp3) is 0.421. The van der Waals surface area contributed by atoms with E-state index in [-0.39, 0.29) is 12.4 Å². The van der Waals surface area contributed by atoms with Crippen molar-refractivity contribution in [2.45, 2.75) is 19.3 Å². The van der Waals surface area contributed by atoms with Crippen molar-refractivity contribution >= 4 is 16.7 Å².